The molecule has 1 atom stereocenters. The zero-order chi connectivity index (χ0) is 14.5. The molecular weight excluding hydrogens is 246 g/mol. The van der Waals surface area contributed by atoms with Gasteiger partial charge in [-0.05, 0) is 37.6 Å². The van der Waals surface area contributed by atoms with Crippen molar-refractivity contribution in [2.45, 2.75) is 20.3 Å². The first-order valence-corrected chi connectivity index (χ1v) is 5.91. The average molecular weight is 265 g/mol. The fraction of sp³-hybridized carbons (Fsp3) is 0.385. The van der Waals surface area contributed by atoms with Crippen LogP contribution in [0.1, 0.15) is 20.3 Å². The minimum Gasteiger partial charge on any atom is -0.497 e. The Labute approximate surface area is 112 Å². The molecule has 0 saturated heterocycles. The Hall–Kier alpha value is -2.24. The molecule has 6 nitrogen and oxygen atoms in total. The fourth-order valence-electron chi connectivity index (χ4n) is 1.51. The van der Waals surface area contributed by atoms with Gasteiger partial charge in [0, 0.05) is 5.69 Å². The van der Waals surface area contributed by atoms with Crippen molar-refractivity contribution in [1.29, 1.82) is 0 Å². The molecule has 1 rings (SSSR count). The summed E-state index contributed by atoms with van der Waals surface area (Å²) in [5.41, 5.74) is 5.16. The molecule has 104 valence electrons. The first-order valence-electron chi connectivity index (χ1n) is 5.91. The van der Waals surface area contributed by atoms with Crippen molar-refractivity contribution >= 4 is 17.4 Å². The van der Waals surface area contributed by atoms with Crippen LogP contribution in [-0.2, 0) is 4.79 Å². The molecule has 0 saturated carbocycles. The highest BCUT2D eigenvalue weighted by Crippen LogP contribution is 2.24. The monoisotopic (exact) mass is 265 g/mol. The van der Waals surface area contributed by atoms with Gasteiger partial charge in [-0.25, -0.2) is 0 Å². The molecule has 4 N–H and O–H groups in total. The fourth-order valence-corrected chi connectivity index (χ4v) is 1.51. The number of carbonyl (C=O) groups excluding carboxylic acids is 1. The zero-order valence-electron chi connectivity index (χ0n) is 11.3. The minimum absolute atomic E-state index is 0.110. The van der Waals surface area contributed by atoms with Crippen LogP contribution in [-0.4, -0.2) is 24.1 Å². The number of hydrogen-bond acceptors (Lipinski definition) is 4. The maximum atomic E-state index is 12.2. The highest BCUT2D eigenvalue weighted by molar-refractivity contribution is 6.11. The molecule has 0 fully saturated rings. The lowest BCUT2D eigenvalue weighted by Crippen LogP contribution is -2.44. The number of oxime groups is 1. The van der Waals surface area contributed by atoms with E-state index in [1.54, 1.807) is 45.2 Å². The topological polar surface area (TPSA) is 96.9 Å². The van der Waals surface area contributed by atoms with Gasteiger partial charge in [-0.2, -0.15) is 0 Å². The summed E-state index contributed by atoms with van der Waals surface area (Å²) in [4.78, 5) is 12.2. The van der Waals surface area contributed by atoms with Crippen molar-refractivity contribution in [1.82, 2.24) is 0 Å². The van der Waals surface area contributed by atoms with Gasteiger partial charge in [0.15, 0.2) is 5.84 Å². The van der Waals surface area contributed by atoms with Gasteiger partial charge in [-0.3, -0.25) is 4.79 Å². The molecule has 0 spiro atoms. The summed E-state index contributed by atoms with van der Waals surface area (Å²) in [7, 11) is 1.57. The van der Waals surface area contributed by atoms with Crippen molar-refractivity contribution in [3.05, 3.63) is 24.3 Å². The van der Waals surface area contributed by atoms with Crippen molar-refractivity contribution in [3.63, 3.8) is 0 Å². The summed E-state index contributed by atoms with van der Waals surface area (Å²) in [6, 6.07) is 6.92. The van der Waals surface area contributed by atoms with Crippen LogP contribution in [0.5, 0.6) is 5.75 Å². The molecule has 0 heterocycles. The summed E-state index contributed by atoms with van der Waals surface area (Å²) in [5.74, 6) is 0.268. The molecule has 0 aliphatic rings. The van der Waals surface area contributed by atoms with E-state index in [-0.39, 0.29) is 11.7 Å². The van der Waals surface area contributed by atoms with E-state index in [9.17, 15) is 4.79 Å². The Kier molecular flexibility index (Phi) is 4.74. The molecule has 1 amide bonds. The number of nitrogens with two attached hydrogens (primary N) is 1. The number of nitrogens with zero attached hydrogens (tertiary/aromatic N) is 1. The zero-order valence-corrected chi connectivity index (χ0v) is 11.3. The van der Waals surface area contributed by atoms with Gasteiger partial charge in [0.25, 0.3) is 0 Å². The van der Waals surface area contributed by atoms with Crippen LogP contribution in [0.2, 0.25) is 0 Å². The summed E-state index contributed by atoms with van der Waals surface area (Å²) in [5, 5.41) is 14.4. The maximum Gasteiger partial charge on any atom is 0.238 e. The van der Waals surface area contributed by atoms with Gasteiger partial charge < -0.3 is 21.0 Å². The number of rotatable bonds is 5. The summed E-state index contributed by atoms with van der Waals surface area (Å²) in [6.07, 6.45) is 0.422. The number of amides is 1. The number of carbonyl (C=O) groups is 1. The Bertz CT molecular complexity index is 471. The molecule has 0 aliphatic heterocycles. The highest BCUT2D eigenvalue weighted by atomic mass is 16.5. The largest absolute Gasteiger partial charge is 0.497 e. The van der Waals surface area contributed by atoms with Crippen molar-refractivity contribution in [2.24, 2.45) is 16.3 Å². The predicted octanol–water partition coefficient (Wildman–Crippen LogP) is 1.80. The Morgan fingerprint density at radius 3 is 2.47 bits per heavy atom. The lowest BCUT2D eigenvalue weighted by Gasteiger charge is -2.25. The second-order valence-electron chi connectivity index (χ2n) is 4.35. The molecule has 19 heavy (non-hydrogen) atoms. The first-order chi connectivity index (χ1) is 8.97. The van der Waals surface area contributed by atoms with Crippen molar-refractivity contribution in [2.75, 3.05) is 12.4 Å². The Morgan fingerprint density at radius 1 is 1.47 bits per heavy atom. The number of hydrogen-bond donors (Lipinski definition) is 3. The van der Waals surface area contributed by atoms with Gasteiger partial charge in [0.1, 0.15) is 11.2 Å². The number of ether oxygens (including phenoxy) is 1. The maximum absolute atomic E-state index is 12.2. The van der Waals surface area contributed by atoms with Gasteiger partial charge in [0.05, 0.1) is 7.11 Å². The number of methoxy groups -OCH3 is 1. The Balaban J connectivity index is 2.88. The number of anilines is 1. The predicted molar refractivity (Wildman–Crippen MR) is 73.4 cm³/mol. The van der Waals surface area contributed by atoms with E-state index in [4.69, 9.17) is 15.7 Å². The molecule has 0 aliphatic carbocycles. The molecule has 1 unspecified atom stereocenters. The second-order valence-corrected chi connectivity index (χ2v) is 4.35. The number of nitrogens with one attached hydrogen (secondary N) is 1. The van der Waals surface area contributed by atoms with E-state index in [1.807, 2.05) is 0 Å². The van der Waals surface area contributed by atoms with Crippen LogP contribution < -0.4 is 15.8 Å². The van der Waals surface area contributed by atoms with Crippen LogP contribution in [0, 0.1) is 5.41 Å². The standard InChI is InChI=1S/C13H19N3O3/c1-4-13(2,11(14)16-18)12(17)15-9-5-7-10(19-3)8-6-9/h5-8,18H,4H2,1-3H3,(H2,14,16)(H,15,17). The van der Waals surface area contributed by atoms with Crippen LogP contribution >= 0.6 is 0 Å². The third kappa shape index (κ3) is 3.15. The lowest BCUT2D eigenvalue weighted by atomic mass is 9.85. The molecule has 1 aromatic carbocycles. The smallest absolute Gasteiger partial charge is 0.238 e. The summed E-state index contributed by atoms with van der Waals surface area (Å²) in [6.45, 7) is 3.42. The van der Waals surface area contributed by atoms with Gasteiger partial charge in [-0.1, -0.05) is 12.1 Å². The van der Waals surface area contributed by atoms with Crippen molar-refractivity contribution < 1.29 is 14.7 Å². The molecule has 0 bridgehead atoms. The quantitative estimate of drug-likeness (QED) is 0.327. The van der Waals surface area contributed by atoms with E-state index in [2.05, 4.69) is 10.5 Å². The number of benzene rings is 1. The van der Waals surface area contributed by atoms with Crippen LogP contribution in [0.25, 0.3) is 0 Å². The minimum atomic E-state index is -1.05. The second kappa shape index (κ2) is 6.08. The molecular formula is C13H19N3O3. The SMILES string of the molecule is CCC(C)(C(=O)Nc1ccc(OC)cc1)/C(N)=N/O. The van der Waals surface area contributed by atoms with Crippen LogP contribution in [0.15, 0.2) is 29.4 Å². The van der Waals surface area contributed by atoms with E-state index in [0.29, 0.717) is 17.9 Å². The van der Waals surface area contributed by atoms with Crippen molar-refractivity contribution in [3.8, 4) is 5.75 Å². The van der Waals surface area contributed by atoms with E-state index < -0.39 is 5.41 Å². The van der Waals surface area contributed by atoms with Gasteiger partial charge in [0.2, 0.25) is 5.91 Å². The first kappa shape index (κ1) is 14.8. The van der Waals surface area contributed by atoms with Crippen LogP contribution in [0.3, 0.4) is 0 Å². The van der Waals surface area contributed by atoms with E-state index >= 15 is 0 Å². The Morgan fingerprint density at radius 2 is 2.05 bits per heavy atom. The summed E-state index contributed by atoms with van der Waals surface area (Å²) >= 11 is 0. The molecule has 0 aromatic heterocycles. The van der Waals surface area contributed by atoms with Gasteiger partial charge in [-0.15, -0.1) is 0 Å². The normalized spacial score (nSPS) is 14.6. The van der Waals surface area contributed by atoms with Crippen LogP contribution in [0.4, 0.5) is 5.69 Å². The third-order valence-electron chi connectivity index (χ3n) is 3.23. The molecule has 0 radical (unpaired) electrons. The van der Waals surface area contributed by atoms with E-state index in [0.717, 1.165) is 0 Å². The van der Waals surface area contributed by atoms with E-state index in [1.165, 1.54) is 0 Å². The van der Waals surface area contributed by atoms with Gasteiger partial charge >= 0.3 is 0 Å². The summed E-state index contributed by atoms with van der Waals surface area (Å²) < 4.78 is 5.03. The third-order valence-corrected chi connectivity index (χ3v) is 3.23. The number of amidine groups is 1. The average Bonchev–Trinajstić information content (AvgIpc) is 2.46. The molecule has 6 heteroatoms. The molecule has 1 aromatic rings. The highest BCUT2D eigenvalue weighted by Gasteiger charge is 2.36. The lowest BCUT2D eigenvalue weighted by molar-refractivity contribution is -0.121.